The van der Waals surface area contributed by atoms with Gasteiger partial charge >= 0.3 is 35.5 Å². The Kier molecular flexibility index (Phi) is 5.97. The van der Waals surface area contributed by atoms with Crippen LogP contribution in [0.15, 0.2) is 0 Å². The SMILES string of the molecule is CC1(C)CC(NCC(=O)O)CC(C)(C)N1.[NaH]. The summed E-state index contributed by atoms with van der Waals surface area (Å²) in [5, 5.41) is 15.3. The standard InChI is InChI=1S/C11H22N2O2.Na.H/c1-10(2)5-8(12-7-9(14)15)6-11(3,4)13-10;;/h8,12-13H,5-7H2,1-4H3,(H,14,15);;. The first-order valence-electron chi connectivity index (χ1n) is 5.45. The Bertz CT molecular complexity index is 238. The van der Waals surface area contributed by atoms with Crippen molar-refractivity contribution in [2.45, 2.75) is 57.7 Å². The zero-order valence-corrected chi connectivity index (χ0v) is 10.1. The van der Waals surface area contributed by atoms with Crippen LogP contribution in [0.4, 0.5) is 0 Å². The Hall–Kier alpha value is 0.390. The molecule has 0 aromatic rings. The molecule has 0 aromatic carbocycles. The van der Waals surface area contributed by atoms with Gasteiger partial charge in [0.1, 0.15) is 0 Å². The van der Waals surface area contributed by atoms with Gasteiger partial charge in [-0.2, -0.15) is 0 Å². The van der Waals surface area contributed by atoms with Crippen LogP contribution in [0.5, 0.6) is 0 Å². The van der Waals surface area contributed by atoms with E-state index in [0.29, 0.717) is 0 Å². The minimum atomic E-state index is -0.788. The van der Waals surface area contributed by atoms with Crippen molar-refractivity contribution in [3.63, 3.8) is 0 Å². The second kappa shape index (κ2) is 5.83. The average Bonchev–Trinajstić information content (AvgIpc) is 1.94. The zero-order chi connectivity index (χ0) is 11.7. The van der Waals surface area contributed by atoms with Gasteiger partial charge in [0.25, 0.3) is 0 Å². The van der Waals surface area contributed by atoms with Crippen LogP contribution >= 0.6 is 0 Å². The number of carboxylic acid groups (broad SMARTS) is 1. The van der Waals surface area contributed by atoms with Gasteiger partial charge in [-0.05, 0) is 40.5 Å². The van der Waals surface area contributed by atoms with Crippen molar-refractivity contribution >= 4 is 35.5 Å². The molecule has 1 saturated heterocycles. The summed E-state index contributed by atoms with van der Waals surface area (Å²) in [6, 6.07) is 0.285. The fourth-order valence-corrected chi connectivity index (χ4v) is 2.70. The van der Waals surface area contributed by atoms with E-state index in [2.05, 4.69) is 38.3 Å². The van der Waals surface area contributed by atoms with Crippen LogP contribution in [0.25, 0.3) is 0 Å². The topological polar surface area (TPSA) is 61.4 Å². The summed E-state index contributed by atoms with van der Waals surface area (Å²) in [5.74, 6) is -0.788. The summed E-state index contributed by atoms with van der Waals surface area (Å²) >= 11 is 0. The third-order valence-electron chi connectivity index (χ3n) is 2.73. The van der Waals surface area contributed by atoms with E-state index in [4.69, 9.17) is 5.11 Å². The normalized spacial score (nSPS) is 23.5. The average molecular weight is 238 g/mol. The van der Waals surface area contributed by atoms with Crippen LogP contribution in [0, 0.1) is 0 Å². The summed E-state index contributed by atoms with van der Waals surface area (Å²) in [5.41, 5.74) is 0.135. The van der Waals surface area contributed by atoms with Crippen LogP contribution in [0.3, 0.4) is 0 Å². The van der Waals surface area contributed by atoms with Crippen LogP contribution < -0.4 is 10.6 Å². The van der Waals surface area contributed by atoms with Gasteiger partial charge in [0, 0.05) is 17.1 Å². The van der Waals surface area contributed by atoms with E-state index in [1.165, 1.54) is 0 Å². The second-order valence-corrected chi connectivity index (χ2v) is 5.77. The quantitative estimate of drug-likeness (QED) is 0.620. The summed E-state index contributed by atoms with van der Waals surface area (Å²) < 4.78 is 0. The number of rotatable bonds is 3. The van der Waals surface area contributed by atoms with Gasteiger partial charge < -0.3 is 15.7 Å². The molecule has 90 valence electrons. The van der Waals surface area contributed by atoms with Crippen molar-refractivity contribution in [3.05, 3.63) is 0 Å². The molecular formula is C11H23N2NaO2. The number of carbonyl (C=O) groups is 1. The molecule has 1 aliphatic heterocycles. The van der Waals surface area contributed by atoms with E-state index in [1.54, 1.807) is 0 Å². The van der Waals surface area contributed by atoms with Gasteiger partial charge in [-0.3, -0.25) is 4.79 Å². The zero-order valence-electron chi connectivity index (χ0n) is 10.1. The van der Waals surface area contributed by atoms with E-state index >= 15 is 0 Å². The fourth-order valence-electron chi connectivity index (χ4n) is 2.70. The number of carboxylic acids is 1. The van der Waals surface area contributed by atoms with E-state index in [1.807, 2.05) is 0 Å². The maximum atomic E-state index is 10.5. The number of hydrogen-bond acceptors (Lipinski definition) is 3. The molecule has 0 amide bonds. The molecule has 1 heterocycles. The van der Waals surface area contributed by atoms with Crippen LogP contribution in [0.1, 0.15) is 40.5 Å². The first-order valence-corrected chi connectivity index (χ1v) is 5.45. The van der Waals surface area contributed by atoms with Gasteiger partial charge in [-0.25, -0.2) is 0 Å². The van der Waals surface area contributed by atoms with Crippen molar-refractivity contribution in [3.8, 4) is 0 Å². The molecule has 1 fully saturated rings. The molecule has 5 heteroatoms. The van der Waals surface area contributed by atoms with Gasteiger partial charge in [0.15, 0.2) is 0 Å². The minimum absolute atomic E-state index is 0. The summed E-state index contributed by atoms with van der Waals surface area (Å²) in [6.07, 6.45) is 1.92. The van der Waals surface area contributed by atoms with Crippen LogP contribution in [-0.4, -0.2) is 64.3 Å². The van der Waals surface area contributed by atoms with E-state index in [-0.39, 0.29) is 53.2 Å². The molecular weight excluding hydrogens is 215 g/mol. The van der Waals surface area contributed by atoms with E-state index in [9.17, 15) is 4.79 Å². The molecule has 0 radical (unpaired) electrons. The predicted octanol–water partition coefficient (Wildman–Crippen LogP) is 0.321. The molecule has 4 nitrogen and oxygen atoms in total. The van der Waals surface area contributed by atoms with Gasteiger partial charge in [0.2, 0.25) is 0 Å². The Labute approximate surface area is 120 Å². The first-order chi connectivity index (χ1) is 6.70. The van der Waals surface area contributed by atoms with E-state index in [0.717, 1.165) is 12.8 Å². The third-order valence-corrected chi connectivity index (χ3v) is 2.73. The summed E-state index contributed by atoms with van der Waals surface area (Å²) in [6.45, 7) is 8.68. The van der Waals surface area contributed by atoms with Crippen molar-refractivity contribution in [1.29, 1.82) is 0 Å². The summed E-state index contributed by atoms with van der Waals surface area (Å²) in [7, 11) is 0. The Morgan fingerprint density at radius 1 is 1.31 bits per heavy atom. The van der Waals surface area contributed by atoms with Crippen LogP contribution in [-0.2, 0) is 4.79 Å². The molecule has 0 atom stereocenters. The van der Waals surface area contributed by atoms with Crippen molar-refractivity contribution < 1.29 is 9.90 Å². The van der Waals surface area contributed by atoms with Gasteiger partial charge in [0.05, 0.1) is 6.54 Å². The van der Waals surface area contributed by atoms with Crippen molar-refractivity contribution in [1.82, 2.24) is 10.6 Å². The number of hydrogen-bond donors (Lipinski definition) is 3. The predicted molar refractivity (Wildman–Crippen MR) is 67.1 cm³/mol. The Morgan fingerprint density at radius 3 is 2.12 bits per heavy atom. The monoisotopic (exact) mass is 238 g/mol. The van der Waals surface area contributed by atoms with Crippen LogP contribution in [0.2, 0.25) is 0 Å². The fraction of sp³-hybridized carbons (Fsp3) is 0.909. The Morgan fingerprint density at radius 2 is 1.75 bits per heavy atom. The van der Waals surface area contributed by atoms with E-state index < -0.39 is 5.97 Å². The third kappa shape index (κ3) is 5.64. The number of piperidine rings is 1. The molecule has 0 unspecified atom stereocenters. The first kappa shape index (κ1) is 16.4. The van der Waals surface area contributed by atoms with Crippen molar-refractivity contribution in [2.75, 3.05) is 6.54 Å². The molecule has 1 rings (SSSR count). The number of aliphatic carboxylic acids is 1. The Balaban J connectivity index is 0.00000225. The van der Waals surface area contributed by atoms with Gasteiger partial charge in [-0.15, -0.1) is 0 Å². The molecule has 0 aliphatic carbocycles. The van der Waals surface area contributed by atoms with Crippen molar-refractivity contribution in [2.24, 2.45) is 0 Å². The molecule has 16 heavy (non-hydrogen) atoms. The molecule has 0 spiro atoms. The molecule has 3 N–H and O–H groups in total. The molecule has 0 aromatic heterocycles. The molecule has 0 bridgehead atoms. The number of nitrogens with one attached hydrogen (secondary N) is 2. The molecule has 1 aliphatic rings. The molecule has 0 saturated carbocycles. The summed E-state index contributed by atoms with van der Waals surface area (Å²) in [4.78, 5) is 10.5. The van der Waals surface area contributed by atoms with Gasteiger partial charge in [-0.1, -0.05) is 0 Å². The maximum absolute atomic E-state index is 10.5. The second-order valence-electron chi connectivity index (χ2n) is 5.77.